The van der Waals surface area contributed by atoms with Gasteiger partial charge in [-0.1, -0.05) is 6.07 Å². The first kappa shape index (κ1) is 31.2. The summed E-state index contributed by atoms with van der Waals surface area (Å²) in [5.41, 5.74) is 0.106. The SMILES string of the molecule is COC(OC)C1CCN(c2ccc(C3(O)c4ccc5c(c(F)nn5C5CCCCO5)c4CCCC3CC(F)(F)F)nc2)CC1. The number of rotatable bonds is 7. The van der Waals surface area contributed by atoms with Crippen LogP contribution in [0.25, 0.3) is 10.9 Å². The van der Waals surface area contributed by atoms with Crippen LogP contribution in [0.2, 0.25) is 0 Å². The Balaban J connectivity index is 1.37. The molecule has 8 nitrogen and oxygen atoms in total. The summed E-state index contributed by atoms with van der Waals surface area (Å²) in [6, 6.07) is 6.70. The van der Waals surface area contributed by atoms with Crippen LogP contribution >= 0.6 is 0 Å². The number of nitrogens with zero attached hydrogens (tertiary/aromatic N) is 4. The maximum Gasteiger partial charge on any atom is 0.389 e. The minimum absolute atomic E-state index is 0.102. The number of methoxy groups -OCH3 is 2. The summed E-state index contributed by atoms with van der Waals surface area (Å²) in [6.45, 7) is 2.04. The Morgan fingerprint density at radius 2 is 1.82 bits per heavy atom. The second kappa shape index (κ2) is 12.5. The number of pyridine rings is 1. The van der Waals surface area contributed by atoms with Crippen molar-refractivity contribution in [1.82, 2.24) is 14.8 Å². The van der Waals surface area contributed by atoms with Gasteiger partial charge in [-0.25, -0.2) is 4.68 Å². The smallest absolute Gasteiger partial charge is 0.378 e. The Labute approximate surface area is 254 Å². The van der Waals surface area contributed by atoms with Crippen molar-refractivity contribution >= 4 is 16.6 Å². The van der Waals surface area contributed by atoms with E-state index >= 15 is 4.39 Å². The quantitative estimate of drug-likeness (QED) is 0.190. The zero-order valence-electron chi connectivity index (χ0n) is 25.2. The van der Waals surface area contributed by atoms with Crippen molar-refractivity contribution in [3.8, 4) is 0 Å². The van der Waals surface area contributed by atoms with Gasteiger partial charge < -0.3 is 24.2 Å². The summed E-state index contributed by atoms with van der Waals surface area (Å²) in [4.78, 5) is 6.76. The molecule has 2 fully saturated rings. The number of aryl methyl sites for hydroxylation is 1. The molecule has 3 aliphatic rings. The number of piperidine rings is 1. The molecule has 0 radical (unpaired) electrons. The summed E-state index contributed by atoms with van der Waals surface area (Å²) in [6.07, 6.45) is 0.256. The van der Waals surface area contributed by atoms with Gasteiger partial charge in [-0.2, -0.15) is 17.6 Å². The van der Waals surface area contributed by atoms with Gasteiger partial charge in [0.15, 0.2) is 12.5 Å². The number of benzene rings is 1. The van der Waals surface area contributed by atoms with Crippen molar-refractivity contribution in [3.05, 3.63) is 53.2 Å². The molecule has 4 heterocycles. The highest BCUT2D eigenvalue weighted by molar-refractivity contribution is 5.85. The fourth-order valence-corrected chi connectivity index (χ4v) is 7.55. The lowest BCUT2D eigenvalue weighted by Crippen LogP contribution is -2.40. The number of anilines is 1. The Bertz CT molecular complexity index is 1430. The van der Waals surface area contributed by atoms with E-state index in [1.54, 1.807) is 49.4 Å². The van der Waals surface area contributed by atoms with E-state index in [0.717, 1.165) is 44.5 Å². The zero-order chi connectivity index (χ0) is 31.1. The lowest BCUT2D eigenvalue weighted by molar-refractivity contribution is -0.162. The summed E-state index contributed by atoms with van der Waals surface area (Å²) in [5.74, 6) is -1.65. The number of halogens is 4. The van der Waals surface area contributed by atoms with E-state index in [9.17, 15) is 18.3 Å². The topological polar surface area (TPSA) is 81.9 Å². The fraction of sp³-hybridized carbons (Fsp3) is 0.625. The molecule has 12 heteroatoms. The highest BCUT2D eigenvalue weighted by Crippen LogP contribution is 2.49. The predicted octanol–water partition coefficient (Wildman–Crippen LogP) is 6.25. The molecule has 1 aromatic carbocycles. The van der Waals surface area contributed by atoms with Crippen LogP contribution in [0.3, 0.4) is 0 Å². The number of fused-ring (bicyclic) bond motifs is 3. The third-order valence-electron chi connectivity index (χ3n) is 9.72. The van der Waals surface area contributed by atoms with E-state index in [1.165, 1.54) is 0 Å². The first-order valence-corrected chi connectivity index (χ1v) is 15.5. The minimum Gasteiger partial charge on any atom is -0.378 e. The molecule has 2 aromatic heterocycles. The number of ether oxygens (including phenoxy) is 3. The van der Waals surface area contributed by atoms with Crippen molar-refractivity contribution in [3.63, 3.8) is 0 Å². The Morgan fingerprint density at radius 3 is 2.45 bits per heavy atom. The molecular weight excluding hydrogens is 580 g/mol. The number of hydrogen-bond donors (Lipinski definition) is 1. The first-order valence-electron chi connectivity index (χ1n) is 15.5. The van der Waals surface area contributed by atoms with Crippen LogP contribution in [0.4, 0.5) is 23.2 Å². The van der Waals surface area contributed by atoms with Crippen LogP contribution in [0.1, 0.15) is 74.4 Å². The highest BCUT2D eigenvalue weighted by Gasteiger charge is 2.49. The molecule has 0 saturated carbocycles. The second-order valence-corrected chi connectivity index (χ2v) is 12.3. The molecule has 2 saturated heterocycles. The molecule has 1 N–H and O–H groups in total. The molecule has 6 rings (SSSR count). The maximum atomic E-state index is 15.6. The van der Waals surface area contributed by atoms with E-state index in [-0.39, 0.29) is 35.3 Å². The number of aliphatic hydroxyl groups is 1. The lowest BCUT2D eigenvalue weighted by atomic mass is 9.74. The molecule has 3 atom stereocenters. The van der Waals surface area contributed by atoms with Gasteiger partial charge in [0, 0.05) is 52.2 Å². The molecule has 240 valence electrons. The Hall–Kier alpha value is -2.80. The third-order valence-corrected chi connectivity index (χ3v) is 9.72. The van der Waals surface area contributed by atoms with Gasteiger partial charge in [-0.15, -0.1) is 5.10 Å². The molecule has 1 aliphatic carbocycles. The molecule has 2 aliphatic heterocycles. The van der Waals surface area contributed by atoms with Crippen molar-refractivity contribution < 1.29 is 36.9 Å². The van der Waals surface area contributed by atoms with Crippen LogP contribution in [0.15, 0.2) is 30.5 Å². The van der Waals surface area contributed by atoms with Gasteiger partial charge in [0.2, 0.25) is 5.95 Å². The summed E-state index contributed by atoms with van der Waals surface area (Å²) >= 11 is 0. The largest absolute Gasteiger partial charge is 0.389 e. The molecule has 3 aromatic rings. The monoisotopic (exact) mass is 620 g/mol. The second-order valence-electron chi connectivity index (χ2n) is 12.3. The van der Waals surface area contributed by atoms with Gasteiger partial charge in [0.1, 0.15) is 5.60 Å². The van der Waals surface area contributed by atoms with E-state index in [4.69, 9.17) is 14.2 Å². The molecule has 3 unspecified atom stereocenters. The number of aromatic nitrogens is 3. The summed E-state index contributed by atoms with van der Waals surface area (Å²) in [5, 5.41) is 16.9. The van der Waals surface area contributed by atoms with Gasteiger partial charge in [0.25, 0.3) is 0 Å². The maximum absolute atomic E-state index is 15.6. The number of alkyl halides is 3. The van der Waals surface area contributed by atoms with Gasteiger partial charge in [-0.05, 0) is 80.7 Å². The van der Waals surface area contributed by atoms with Crippen molar-refractivity contribution in [2.24, 2.45) is 11.8 Å². The van der Waals surface area contributed by atoms with Crippen LogP contribution in [-0.2, 0) is 26.2 Å². The lowest BCUT2D eigenvalue weighted by Gasteiger charge is -2.38. The average molecular weight is 621 g/mol. The van der Waals surface area contributed by atoms with Crippen molar-refractivity contribution in [1.29, 1.82) is 0 Å². The van der Waals surface area contributed by atoms with E-state index in [2.05, 4.69) is 15.0 Å². The van der Waals surface area contributed by atoms with Gasteiger partial charge in [-0.3, -0.25) is 4.98 Å². The Kier molecular flexibility index (Phi) is 8.89. The Morgan fingerprint density at radius 1 is 1.05 bits per heavy atom. The third kappa shape index (κ3) is 5.81. The fourth-order valence-electron chi connectivity index (χ4n) is 7.55. The van der Waals surface area contributed by atoms with Gasteiger partial charge in [0.05, 0.1) is 28.5 Å². The van der Waals surface area contributed by atoms with Gasteiger partial charge >= 0.3 is 6.18 Å². The molecule has 0 amide bonds. The highest BCUT2D eigenvalue weighted by atomic mass is 19.4. The molecular formula is C32H40F4N4O4. The zero-order valence-corrected chi connectivity index (χ0v) is 25.2. The van der Waals surface area contributed by atoms with E-state index < -0.39 is 36.3 Å². The van der Waals surface area contributed by atoms with Crippen LogP contribution < -0.4 is 4.90 Å². The molecule has 44 heavy (non-hydrogen) atoms. The van der Waals surface area contributed by atoms with Crippen molar-refractivity contribution in [2.75, 3.05) is 38.8 Å². The van der Waals surface area contributed by atoms with E-state index in [1.807, 2.05) is 0 Å². The molecule has 0 spiro atoms. The van der Waals surface area contributed by atoms with E-state index in [0.29, 0.717) is 36.9 Å². The van der Waals surface area contributed by atoms with Crippen LogP contribution in [-0.4, -0.2) is 66.3 Å². The number of hydrogen-bond acceptors (Lipinski definition) is 7. The summed E-state index contributed by atoms with van der Waals surface area (Å²) < 4.78 is 75.7. The predicted molar refractivity (Wildman–Crippen MR) is 156 cm³/mol. The first-order chi connectivity index (χ1) is 21.1. The molecule has 0 bridgehead atoms. The summed E-state index contributed by atoms with van der Waals surface area (Å²) in [7, 11) is 3.25. The van der Waals surface area contributed by atoms with Crippen LogP contribution in [0, 0.1) is 17.8 Å². The van der Waals surface area contributed by atoms with Crippen molar-refractivity contribution in [2.45, 2.75) is 82.1 Å². The minimum atomic E-state index is -4.51. The van der Waals surface area contributed by atoms with Crippen LogP contribution in [0.5, 0.6) is 0 Å². The average Bonchev–Trinajstić information content (AvgIpc) is 3.30. The normalized spacial score (nSPS) is 25.4. The standard InChI is InChI=1S/C32H40F4N4O4/c1-42-30(43-2)20-13-15-39(16-14-20)22-9-12-26(37-19-22)32(41)21(18-31(34,35)36)6-5-7-23-24(32)10-11-25-28(23)29(33)38-40(25)27-8-3-4-17-44-27/h9-12,19-21,27,30,41H,3-8,13-18H2,1-2H3.